The van der Waals surface area contributed by atoms with Crippen molar-refractivity contribution in [3.8, 4) is 0 Å². The minimum Gasteiger partial charge on any atom is -0.320 e. The Kier molecular flexibility index (Phi) is 4.59. The average molecular weight is 438 g/mol. The van der Waals surface area contributed by atoms with E-state index < -0.39 is 0 Å². The summed E-state index contributed by atoms with van der Waals surface area (Å²) in [5, 5.41) is 0. The van der Waals surface area contributed by atoms with Crippen molar-refractivity contribution in [2.75, 3.05) is 0 Å². The molecule has 2 N–H and O–H groups in total. The van der Waals surface area contributed by atoms with Gasteiger partial charge in [0.1, 0.15) is 5.82 Å². The molecule has 1 unspecified atom stereocenters. The van der Waals surface area contributed by atoms with Crippen molar-refractivity contribution < 1.29 is 4.39 Å². The Morgan fingerprint density at radius 3 is 2.28 bits per heavy atom. The fraction of sp³-hybridized carbons (Fsp3) is 0.0769. The Morgan fingerprint density at radius 2 is 1.61 bits per heavy atom. The molecule has 0 bridgehead atoms. The zero-order valence-corrected chi connectivity index (χ0v) is 13.9. The van der Waals surface area contributed by atoms with Crippen LogP contribution in [0.1, 0.15) is 17.2 Å². The molecule has 0 fully saturated rings. The maximum atomic E-state index is 13.1. The van der Waals surface area contributed by atoms with Crippen LogP contribution in [-0.4, -0.2) is 0 Å². The van der Waals surface area contributed by atoms with E-state index in [9.17, 15) is 4.39 Å². The van der Waals surface area contributed by atoms with Crippen LogP contribution in [0.15, 0.2) is 49.8 Å². The van der Waals surface area contributed by atoms with Gasteiger partial charge in [0.25, 0.3) is 0 Å². The lowest BCUT2D eigenvalue weighted by atomic mass is 10.00. The number of rotatable bonds is 2. The Balaban J connectivity index is 2.47. The Bertz CT molecular complexity index is 586. The standard InChI is InChI=1S/C13H9Br3FN/c14-7-1-4-11(15)10(5-7)13(18)9-3-2-8(17)6-12(9)16/h1-6,13H,18H2. The van der Waals surface area contributed by atoms with Crippen molar-refractivity contribution in [2.45, 2.75) is 6.04 Å². The van der Waals surface area contributed by atoms with Gasteiger partial charge in [-0.1, -0.05) is 53.9 Å². The van der Waals surface area contributed by atoms with E-state index in [0.29, 0.717) is 4.47 Å². The van der Waals surface area contributed by atoms with E-state index in [1.807, 2.05) is 18.2 Å². The van der Waals surface area contributed by atoms with Crippen molar-refractivity contribution in [2.24, 2.45) is 5.73 Å². The van der Waals surface area contributed by atoms with Gasteiger partial charge in [-0.2, -0.15) is 0 Å². The molecular weight excluding hydrogens is 429 g/mol. The SMILES string of the molecule is NC(c1ccc(F)cc1Br)c1cc(Br)ccc1Br. The van der Waals surface area contributed by atoms with Crippen LogP contribution in [-0.2, 0) is 0 Å². The van der Waals surface area contributed by atoms with E-state index in [0.717, 1.165) is 20.1 Å². The van der Waals surface area contributed by atoms with Gasteiger partial charge in [-0.25, -0.2) is 4.39 Å². The van der Waals surface area contributed by atoms with E-state index >= 15 is 0 Å². The first kappa shape index (κ1) is 14.2. The summed E-state index contributed by atoms with van der Waals surface area (Å²) in [6.45, 7) is 0. The van der Waals surface area contributed by atoms with Gasteiger partial charge in [0.2, 0.25) is 0 Å². The molecule has 0 spiro atoms. The van der Waals surface area contributed by atoms with Crippen molar-refractivity contribution in [1.82, 2.24) is 0 Å². The summed E-state index contributed by atoms with van der Waals surface area (Å²) in [6, 6.07) is 10.00. The fourth-order valence-corrected chi connectivity index (χ4v) is 3.14. The fourth-order valence-electron chi connectivity index (χ4n) is 1.67. The lowest BCUT2D eigenvalue weighted by Crippen LogP contribution is -2.13. The van der Waals surface area contributed by atoms with Crippen molar-refractivity contribution in [3.05, 3.63) is 66.8 Å². The summed E-state index contributed by atoms with van der Waals surface area (Å²) >= 11 is 10.2. The molecule has 0 heterocycles. The van der Waals surface area contributed by atoms with Gasteiger partial charge in [-0.05, 0) is 41.5 Å². The lowest BCUT2D eigenvalue weighted by Gasteiger charge is -2.16. The summed E-state index contributed by atoms with van der Waals surface area (Å²) < 4.78 is 15.6. The second kappa shape index (κ2) is 5.82. The summed E-state index contributed by atoms with van der Waals surface area (Å²) in [4.78, 5) is 0. The second-order valence-corrected chi connectivity index (χ2v) is 6.43. The molecule has 0 aromatic heterocycles. The molecule has 18 heavy (non-hydrogen) atoms. The van der Waals surface area contributed by atoms with Gasteiger partial charge in [0.15, 0.2) is 0 Å². The minimum atomic E-state index is -0.327. The third-order valence-corrected chi connectivity index (χ3v) is 4.49. The molecule has 2 rings (SSSR count). The van der Waals surface area contributed by atoms with Crippen LogP contribution in [0.3, 0.4) is 0 Å². The molecular formula is C13H9Br3FN. The van der Waals surface area contributed by atoms with Gasteiger partial charge in [-0.3, -0.25) is 0 Å². The zero-order valence-electron chi connectivity index (χ0n) is 9.13. The summed E-state index contributed by atoms with van der Waals surface area (Å²) in [6.07, 6.45) is 0. The highest BCUT2D eigenvalue weighted by molar-refractivity contribution is 9.11. The van der Waals surface area contributed by atoms with Gasteiger partial charge in [-0.15, -0.1) is 0 Å². The van der Waals surface area contributed by atoms with Gasteiger partial charge >= 0.3 is 0 Å². The summed E-state index contributed by atoms with van der Waals surface area (Å²) in [5.41, 5.74) is 8.02. The highest BCUT2D eigenvalue weighted by Gasteiger charge is 2.15. The van der Waals surface area contributed by atoms with E-state index in [2.05, 4.69) is 47.8 Å². The first-order chi connectivity index (χ1) is 8.49. The third-order valence-electron chi connectivity index (χ3n) is 2.59. The maximum absolute atomic E-state index is 13.1. The van der Waals surface area contributed by atoms with E-state index in [4.69, 9.17) is 5.73 Å². The predicted molar refractivity (Wildman–Crippen MR) is 82.0 cm³/mol. The van der Waals surface area contributed by atoms with Crippen LogP contribution in [0.2, 0.25) is 0 Å². The molecule has 1 atom stereocenters. The molecule has 1 nitrogen and oxygen atoms in total. The maximum Gasteiger partial charge on any atom is 0.124 e. The number of halogens is 4. The molecule has 2 aromatic carbocycles. The van der Waals surface area contributed by atoms with E-state index in [-0.39, 0.29) is 11.9 Å². The topological polar surface area (TPSA) is 26.0 Å². The van der Waals surface area contributed by atoms with Gasteiger partial charge < -0.3 is 5.73 Å². The van der Waals surface area contributed by atoms with E-state index in [1.165, 1.54) is 12.1 Å². The molecule has 0 amide bonds. The lowest BCUT2D eigenvalue weighted by molar-refractivity contribution is 0.625. The Morgan fingerprint density at radius 1 is 0.889 bits per heavy atom. The van der Waals surface area contributed by atoms with Crippen molar-refractivity contribution >= 4 is 47.8 Å². The molecule has 0 aliphatic carbocycles. The van der Waals surface area contributed by atoms with Crippen LogP contribution in [0.25, 0.3) is 0 Å². The quantitative estimate of drug-likeness (QED) is 0.689. The highest BCUT2D eigenvalue weighted by Crippen LogP contribution is 2.33. The zero-order chi connectivity index (χ0) is 13.3. The molecule has 0 aliphatic rings. The predicted octanol–water partition coefficient (Wildman–Crippen LogP) is 5.16. The van der Waals surface area contributed by atoms with Crippen LogP contribution >= 0.6 is 47.8 Å². The smallest absolute Gasteiger partial charge is 0.124 e. The van der Waals surface area contributed by atoms with Crippen molar-refractivity contribution in [3.63, 3.8) is 0 Å². The molecule has 2 aromatic rings. The van der Waals surface area contributed by atoms with Crippen LogP contribution in [0, 0.1) is 5.82 Å². The second-order valence-electron chi connectivity index (χ2n) is 3.81. The van der Waals surface area contributed by atoms with Crippen LogP contribution in [0.4, 0.5) is 4.39 Å². The number of nitrogens with two attached hydrogens (primary N) is 1. The highest BCUT2D eigenvalue weighted by atomic mass is 79.9. The van der Waals surface area contributed by atoms with Gasteiger partial charge in [0.05, 0.1) is 6.04 Å². The molecule has 0 saturated carbocycles. The normalized spacial score (nSPS) is 12.5. The number of hydrogen-bond acceptors (Lipinski definition) is 1. The van der Waals surface area contributed by atoms with Crippen molar-refractivity contribution in [1.29, 1.82) is 0 Å². The first-order valence-corrected chi connectivity index (χ1v) is 7.52. The average Bonchev–Trinajstić information content (AvgIpc) is 2.31. The van der Waals surface area contributed by atoms with Gasteiger partial charge in [0, 0.05) is 13.4 Å². The number of hydrogen-bond donors (Lipinski definition) is 1. The minimum absolute atomic E-state index is 0.286. The monoisotopic (exact) mass is 435 g/mol. The summed E-state index contributed by atoms with van der Waals surface area (Å²) in [7, 11) is 0. The molecule has 0 radical (unpaired) electrons. The van der Waals surface area contributed by atoms with Crippen LogP contribution in [0.5, 0.6) is 0 Å². The Hall–Kier alpha value is -0.230. The molecule has 0 saturated heterocycles. The Labute approximate surface area is 130 Å². The summed E-state index contributed by atoms with van der Waals surface area (Å²) in [5.74, 6) is -0.286. The molecule has 94 valence electrons. The van der Waals surface area contributed by atoms with Crippen LogP contribution < -0.4 is 5.73 Å². The molecule has 0 aliphatic heterocycles. The molecule has 5 heteroatoms. The first-order valence-electron chi connectivity index (χ1n) is 5.14. The van der Waals surface area contributed by atoms with E-state index in [1.54, 1.807) is 6.07 Å². The third kappa shape index (κ3) is 3.02. The largest absolute Gasteiger partial charge is 0.320 e. The number of benzene rings is 2.